The van der Waals surface area contributed by atoms with Crippen LogP contribution in [-0.2, 0) is 4.79 Å². The molecule has 96 valence electrons. The summed E-state index contributed by atoms with van der Waals surface area (Å²) in [7, 11) is 0. The van der Waals surface area contributed by atoms with Crippen LogP contribution in [0.4, 0.5) is 13.2 Å². The molecule has 16 heavy (non-hydrogen) atoms. The fraction of sp³-hybridized carbons (Fsp3) is 0.900. The summed E-state index contributed by atoms with van der Waals surface area (Å²) in [5.74, 6) is -0.610. The second-order valence-electron chi connectivity index (χ2n) is 3.77. The molecular formula is C10H19F3N2O. The first-order valence-electron chi connectivity index (χ1n) is 5.43. The van der Waals surface area contributed by atoms with Crippen LogP contribution < -0.4 is 5.73 Å². The third-order valence-corrected chi connectivity index (χ3v) is 2.09. The van der Waals surface area contributed by atoms with Gasteiger partial charge in [-0.2, -0.15) is 13.2 Å². The molecule has 0 radical (unpaired) electrons. The van der Waals surface area contributed by atoms with Gasteiger partial charge in [-0.05, 0) is 12.8 Å². The molecule has 1 unspecified atom stereocenters. The fourth-order valence-corrected chi connectivity index (χ4v) is 1.42. The number of nitrogens with two attached hydrogens (primary N) is 1. The molecule has 0 aromatic carbocycles. The van der Waals surface area contributed by atoms with E-state index in [4.69, 9.17) is 5.73 Å². The van der Waals surface area contributed by atoms with Gasteiger partial charge < -0.3 is 10.6 Å². The van der Waals surface area contributed by atoms with E-state index < -0.39 is 24.7 Å². The minimum atomic E-state index is -4.36. The van der Waals surface area contributed by atoms with Crippen LogP contribution in [0.5, 0.6) is 0 Å². The minimum Gasteiger partial charge on any atom is -0.332 e. The Balaban J connectivity index is 4.46. The number of carbonyl (C=O) groups is 1. The Labute approximate surface area is 93.8 Å². The van der Waals surface area contributed by atoms with E-state index in [-0.39, 0.29) is 6.54 Å². The average Bonchev–Trinajstić information content (AvgIpc) is 2.14. The van der Waals surface area contributed by atoms with E-state index in [1.54, 1.807) is 6.92 Å². The van der Waals surface area contributed by atoms with Crippen LogP contribution in [0.1, 0.15) is 33.1 Å². The molecule has 6 heteroatoms. The molecule has 0 aliphatic heterocycles. The van der Waals surface area contributed by atoms with Crippen molar-refractivity contribution >= 4 is 5.91 Å². The number of carbonyl (C=O) groups excluding carboxylic acids is 1. The largest absolute Gasteiger partial charge is 0.406 e. The quantitative estimate of drug-likeness (QED) is 0.771. The summed E-state index contributed by atoms with van der Waals surface area (Å²) in [6.07, 6.45) is -2.78. The lowest BCUT2D eigenvalue weighted by Gasteiger charge is -2.26. The average molecular weight is 240 g/mol. The normalized spacial score (nSPS) is 13.6. The maximum Gasteiger partial charge on any atom is 0.406 e. The van der Waals surface area contributed by atoms with Crippen LogP contribution in [-0.4, -0.2) is 36.1 Å². The molecule has 1 amide bonds. The molecule has 0 rings (SSSR count). The lowest BCUT2D eigenvalue weighted by atomic mass is 10.1. The molecule has 0 aliphatic carbocycles. The van der Waals surface area contributed by atoms with Crippen molar-refractivity contribution in [3.05, 3.63) is 0 Å². The SMILES string of the molecule is CCCC(N)C(=O)N(CCC)CC(F)(F)F. The van der Waals surface area contributed by atoms with E-state index in [0.29, 0.717) is 19.3 Å². The van der Waals surface area contributed by atoms with E-state index in [1.807, 2.05) is 6.92 Å². The van der Waals surface area contributed by atoms with Gasteiger partial charge in [0.15, 0.2) is 0 Å². The lowest BCUT2D eigenvalue weighted by Crippen LogP contribution is -2.47. The highest BCUT2D eigenvalue weighted by Gasteiger charge is 2.33. The standard InChI is InChI=1S/C10H19F3N2O/c1-3-5-8(14)9(16)15(6-4-2)7-10(11,12)13/h8H,3-7,14H2,1-2H3. The zero-order valence-corrected chi connectivity index (χ0v) is 9.68. The van der Waals surface area contributed by atoms with Crippen LogP contribution >= 0.6 is 0 Å². The van der Waals surface area contributed by atoms with Crippen LogP contribution in [0.2, 0.25) is 0 Å². The molecule has 2 N–H and O–H groups in total. The molecule has 0 aromatic heterocycles. The third-order valence-electron chi connectivity index (χ3n) is 2.09. The summed E-state index contributed by atoms with van der Waals surface area (Å²) in [4.78, 5) is 12.4. The summed E-state index contributed by atoms with van der Waals surface area (Å²) in [6, 6.07) is -0.820. The van der Waals surface area contributed by atoms with Gasteiger partial charge in [0, 0.05) is 6.54 Å². The number of rotatable bonds is 6. The summed E-state index contributed by atoms with van der Waals surface area (Å²) in [5.41, 5.74) is 5.52. The molecule has 1 atom stereocenters. The van der Waals surface area contributed by atoms with E-state index in [9.17, 15) is 18.0 Å². The first kappa shape index (κ1) is 15.2. The van der Waals surface area contributed by atoms with Gasteiger partial charge in [-0.1, -0.05) is 20.3 Å². The van der Waals surface area contributed by atoms with E-state index in [0.717, 1.165) is 4.90 Å². The Bertz CT molecular complexity index is 219. The van der Waals surface area contributed by atoms with Gasteiger partial charge in [-0.25, -0.2) is 0 Å². The third kappa shape index (κ3) is 5.95. The van der Waals surface area contributed by atoms with Crippen molar-refractivity contribution in [3.63, 3.8) is 0 Å². The van der Waals surface area contributed by atoms with Gasteiger partial charge in [0.1, 0.15) is 6.54 Å². The van der Waals surface area contributed by atoms with Crippen molar-refractivity contribution in [2.45, 2.75) is 45.3 Å². The van der Waals surface area contributed by atoms with Crippen molar-refractivity contribution in [1.82, 2.24) is 4.90 Å². The highest BCUT2D eigenvalue weighted by molar-refractivity contribution is 5.81. The molecule has 0 bridgehead atoms. The Morgan fingerprint density at radius 2 is 1.88 bits per heavy atom. The molecule has 3 nitrogen and oxygen atoms in total. The molecule has 0 saturated carbocycles. The van der Waals surface area contributed by atoms with E-state index in [1.165, 1.54) is 0 Å². The molecule has 0 heterocycles. The molecule has 0 spiro atoms. The van der Waals surface area contributed by atoms with E-state index >= 15 is 0 Å². The van der Waals surface area contributed by atoms with Gasteiger partial charge in [0.25, 0.3) is 0 Å². The topological polar surface area (TPSA) is 46.3 Å². The second-order valence-corrected chi connectivity index (χ2v) is 3.77. The minimum absolute atomic E-state index is 0.0930. The Morgan fingerprint density at radius 3 is 2.25 bits per heavy atom. The van der Waals surface area contributed by atoms with Crippen LogP contribution in [0.15, 0.2) is 0 Å². The number of amides is 1. The summed E-state index contributed by atoms with van der Waals surface area (Å²) >= 11 is 0. The number of hydrogen-bond donors (Lipinski definition) is 1. The van der Waals surface area contributed by atoms with Crippen molar-refractivity contribution in [2.24, 2.45) is 5.73 Å². The van der Waals surface area contributed by atoms with Gasteiger partial charge in [0.2, 0.25) is 5.91 Å². The van der Waals surface area contributed by atoms with Crippen LogP contribution in [0.3, 0.4) is 0 Å². The maximum atomic E-state index is 12.2. The van der Waals surface area contributed by atoms with Gasteiger partial charge in [-0.3, -0.25) is 4.79 Å². The number of halogens is 3. The monoisotopic (exact) mass is 240 g/mol. The molecule has 0 fully saturated rings. The molecule has 0 aliphatic rings. The molecule has 0 aromatic rings. The Hall–Kier alpha value is -0.780. The zero-order valence-electron chi connectivity index (χ0n) is 9.68. The number of nitrogens with zero attached hydrogens (tertiary/aromatic N) is 1. The van der Waals surface area contributed by atoms with Crippen molar-refractivity contribution in [2.75, 3.05) is 13.1 Å². The van der Waals surface area contributed by atoms with E-state index in [2.05, 4.69) is 0 Å². The predicted molar refractivity (Wildman–Crippen MR) is 55.8 cm³/mol. The molecule has 0 saturated heterocycles. The Kier molecular flexibility index (Phi) is 6.40. The Morgan fingerprint density at radius 1 is 1.31 bits per heavy atom. The lowest BCUT2D eigenvalue weighted by molar-refractivity contribution is -0.162. The fourth-order valence-electron chi connectivity index (χ4n) is 1.42. The second kappa shape index (κ2) is 6.73. The van der Waals surface area contributed by atoms with Gasteiger partial charge in [-0.15, -0.1) is 0 Å². The van der Waals surface area contributed by atoms with Crippen molar-refractivity contribution in [1.29, 1.82) is 0 Å². The zero-order chi connectivity index (χ0) is 12.8. The van der Waals surface area contributed by atoms with Gasteiger partial charge in [0.05, 0.1) is 6.04 Å². The summed E-state index contributed by atoms with van der Waals surface area (Å²) in [6.45, 7) is 2.44. The maximum absolute atomic E-state index is 12.2. The summed E-state index contributed by atoms with van der Waals surface area (Å²) < 4.78 is 36.6. The van der Waals surface area contributed by atoms with Gasteiger partial charge >= 0.3 is 6.18 Å². The predicted octanol–water partition coefficient (Wildman–Crippen LogP) is 1.91. The van der Waals surface area contributed by atoms with Crippen molar-refractivity contribution < 1.29 is 18.0 Å². The number of alkyl halides is 3. The molecular weight excluding hydrogens is 221 g/mol. The first-order chi connectivity index (χ1) is 7.31. The highest BCUT2D eigenvalue weighted by Crippen LogP contribution is 2.17. The van der Waals surface area contributed by atoms with Crippen LogP contribution in [0, 0.1) is 0 Å². The number of hydrogen-bond acceptors (Lipinski definition) is 2. The highest BCUT2D eigenvalue weighted by atomic mass is 19.4. The summed E-state index contributed by atoms with van der Waals surface area (Å²) in [5, 5.41) is 0. The smallest absolute Gasteiger partial charge is 0.332 e. The van der Waals surface area contributed by atoms with Crippen molar-refractivity contribution in [3.8, 4) is 0 Å². The van der Waals surface area contributed by atoms with Crippen LogP contribution in [0.25, 0.3) is 0 Å². The first-order valence-corrected chi connectivity index (χ1v) is 5.43.